The first-order valence-electron chi connectivity index (χ1n) is 9.41. The number of rotatable bonds is 9. The summed E-state index contributed by atoms with van der Waals surface area (Å²) in [5, 5.41) is 11.9. The zero-order valence-electron chi connectivity index (χ0n) is 17.2. The van der Waals surface area contributed by atoms with Crippen LogP contribution in [-0.4, -0.2) is 32.1 Å². The SMILES string of the molecule is Cc1sc(N(Cc2ccc(OC(F)F)cc2)c2ccc(C#N)cc2)nc1C(=O)NCS(=O)O. The quantitative estimate of drug-likeness (QED) is 0.431. The lowest BCUT2D eigenvalue weighted by Crippen LogP contribution is -2.27. The molecule has 0 saturated heterocycles. The molecule has 2 N–H and O–H groups in total. The van der Waals surface area contributed by atoms with E-state index >= 15 is 0 Å². The molecule has 0 spiro atoms. The summed E-state index contributed by atoms with van der Waals surface area (Å²) < 4.78 is 49.0. The van der Waals surface area contributed by atoms with E-state index < -0.39 is 29.5 Å². The Bertz CT molecular complexity index is 1180. The summed E-state index contributed by atoms with van der Waals surface area (Å²) >= 11 is -0.937. The fraction of sp³-hybridized carbons (Fsp3) is 0.190. The Morgan fingerprint density at radius 2 is 1.94 bits per heavy atom. The van der Waals surface area contributed by atoms with Gasteiger partial charge >= 0.3 is 6.61 Å². The Balaban J connectivity index is 1.92. The number of nitrogens with one attached hydrogen (secondary N) is 1. The molecule has 12 heteroatoms. The van der Waals surface area contributed by atoms with Crippen LogP contribution in [0.4, 0.5) is 19.6 Å². The van der Waals surface area contributed by atoms with Gasteiger partial charge in [0.25, 0.3) is 5.91 Å². The number of amides is 1. The van der Waals surface area contributed by atoms with Crippen molar-refractivity contribution in [1.29, 1.82) is 5.26 Å². The number of aromatic nitrogens is 1. The van der Waals surface area contributed by atoms with Crippen LogP contribution < -0.4 is 15.0 Å². The van der Waals surface area contributed by atoms with Crippen molar-refractivity contribution in [2.75, 3.05) is 10.8 Å². The number of alkyl halides is 2. The van der Waals surface area contributed by atoms with E-state index in [9.17, 15) is 17.8 Å². The van der Waals surface area contributed by atoms with Crippen LogP contribution in [-0.2, 0) is 17.6 Å². The normalized spacial score (nSPS) is 11.6. The van der Waals surface area contributed by atoms with Crippen LogP contribution in [0.5, 0.6) is 5.75 Å². The Hall–Kier alpha value is -3.40. The molecule has 1 heterocycles. The van der Waals surface area contributed by atoms with Gasteiger partial charge in [0.05, 0.1) is 18.2 Å². The van der Waals surface area contributed by atoms with E-state index in [2.05, 4.69) is 21.1 Å². The van der Waals surface area contributed by atoms with Crippen LogP contribution in [0.25, 0.3) is 0 Å². The third-order valence-electron chi connectivity index (χ3n) is 4.38. The van der Waals surface area contributed by atoms with Crippen LogP contribution in [0, 0.1) is 18.3 Å². The average molecular weight is 493 g/mol. The van der Waals surface area contributed by atoms with Crippen molar-refractivity contribution in [2.24, 2.45) is 0 Å². The number of hydrogen-bond donors (Lipinski definition) is 2. The fourth-order valence-corrected chi connectivity index (χ4v) is 4.04. The predicted octanol–water partition coefficient (Wildman–Crippen LogP) is 4.17. The zero-order chi connectivity index (χ0) is 24.0. The molecule has 0 bridgehead atoms. The summed E-state index contributed by atoms with van der Waals surface area (Å²) in [6, 6.07) is 14.9. The van der Waals surface area contributed by atoms with Gasteiger partial charge in [-0.25, -0.2) is 9.19 Å². The van der Waals surface area contributed by atoms with Crippen LogP contribution >= 0.6 is 11.3 Å². The molecule has 0 fully saturated rings. The first kappa shape index (κ1) is 24.2. The van der Waals surface area contributed by atoms with Crippen molar-refractivity contribution in [3.8, 4) is 11.8 Å². The van der Waals surface area contributed by atoms with E-state index in [4.69, 9.17) is 9.81 Å². The third-order valence-corrected chi connectivity index (χ3v) is 5.77. The first-order valence-corrected chi connectivity index (χ1v) is 11.5. The highest BCUT2D eigenvalue weighted by atomic mass is 32.2. The van der Waals surface area contributed by atoms with Crippen LogP contribution in [0.1, 0.15) is 26.5 Å². The largest absolute Gasteiger partial charge is 0.435 e. The third kappa shape index (κ3) is 6.55. The van der Waals surface area contributed by atoms with Crippen molar-refractivity contribution < 1.29 is 27.1 Å². The average Bonchev–Trinajstić information content (AvgIpc) is 3.18. The molecule has 1 aromatic heterocycles. The topological polar surface area (TPSA) is 116 Å². The number of carbonyl (C=O) groups is 1. The summed E-state index contributed by atoms with van der Waals surface area (Å²) in [7, 11) is 0. The summed E-state index contributed by atoms with van der Waals surface area (Å²) in [4.78, 5) is 19.2. The molecule has 33 heavy (non-hydrogen) atoms. The van der Waals surface area contributed by atoms with E-state index in [1.165, 1.54) is 23.5 Å². The Morgan fingerprint density at radius 1 is 1.27 bits per heavy atom. The summed E-state index contributed by atoms with van der Waals surface area (Å²) in [6.07, 6.45) is 0. The van der Waals surface area contributed by atoms with Crippen molar-refractivity contribution in [3.63, 3.8) is 0 Å². The number of halogens is 2. The maximum atomic E-state index is 12.4. The number of ether oxygens (including phenoxy) is 1. The zero-order valence-corrected chi connectivity index (χ0v) is 18.8. The molecule has 0 radical (unpaired) electrons. The van der Waals surface area contributed by atoms with Crippen LogP contribution in [0.2, 0.25) is 0 Å². The number of anilines is 2. The van der Waals surface area contributed by atoms with Crippen molar-refractivity contribution in [2.45, 2.75) is 20.1 Å². The number of hydrogen-bond acceptors (Lipinski definition) is 7. The molecule has 0 aliphatic carbocycles. The summed E-state index contributed by atoms with van der Waals surface area (Å²) in [5.74, 6) is -0.966. The van der Waals surface area contributed by atoms with Gasteiger partial charge in [-0.15, -0.1) is 11.3 Å². The highest BCUT2D eigenvalue weighted by Crippen LogP contribution is 2.33. The molecule has 3 aromatic rings. The lowest BCUT2D eigenvalue weighted by atomic mass is 10.1. The minimum atomic E-state index is -2.92. The lowest BCUT2D eigenvalue weighted by Gasteiger charge is -2.22. The number of benzene rings is 2. The highest BCUT2D eigenvalue weighted by molar-refractivity contribution is 7.79. The molecule has 0 aliphatic rings. The molecule has 1 amide bonds. The summed E-state index contributed by atoms with van der Waals surface area (Å²) in [6.45, 7) is -0.924. The maximum Gasteiger partial charge on any atom is 0.387 e. The molecule has 2 aromatic carbocycles. The molecule has 1 atom stereocenters. The van der Waals surface area contributed by atoms with E-state index in [0.717, 1.165) is 5.56 Å². The second-order valence-electron chi connectivity index (χ2n) is 6.64. The van der Waals surface area contributed by atoms with Crippen LogP contribution in [0.15, 0.2) is 48.5 Å². The number of aryl methyl sites for hydroxylation is 1. The summed E-state index contributed by atoms with van der Waals surface area (Å²) in [5.41, 5.74) is 2.05. The molecule has 3 rings (SSSR count). The lowest BCUT2D eigenvalue weighted by molar-refractivity contribution is -0.0498. The smallest absolute Gasteiger partial charge is 0.387 e. The molecule has 172 valence electrons. The van der Waals surface area contributed by atoms with E-state index in [1.54, 1.807) is 43.3 Å². The Kier molecular flexibility index (Phi) is 8.05. The maximum absolute atomic E-state index is 12.4. The second kappa shape index (κ2) is 11.0. The first-order chi connectivity index (χ1) is 15.8. The van der Waals surface area contributed by atoms with Crippen LogP contribution in [0.3, 0.4) is 0 Å². The van der Waals surface area contributed by atoms with Gasteiger partial charge in [-0.05, 0) is 48.9 Å². The molecule has 8 nitrogen and oxygen atoms in total. The van der Waals surface area contributed by atoms with Crippen molar-refractivity contribution in [1.82, 2.24) is 10.3 Å². The predicted molar refractivity (Wildman–Crippen MR) is 120 cm³/mol. The van der Waals surface area contributed by atoms with Gasteiger partial charge in [-0.1, -0.05) is 12.1 Å². The molecule has 1 unspecified atom stereocenters. The monoisotopic (exact) mass is 492 g/mol. The van der Waals surface area contributed by atoms with Gasteiger partial charge in [0, 0.05) is 10.6 Å². The van der Waals surface area contributed by atoms with Gasteiger partial charge in [0.1, 0.15) is 17.3 Å². The number of thiazole rings is 1. The molecular formula is C21H18F2N4O4S2. The van der Waals surface area contributed by atoms with Gasteiger partial charge in [0.15, 0.2) is 16.2 Å². The Morgan fingerprint density at radius 3 is 2.52 bits per heavy atom. The fourth-order valence-electron chi connectivity index (χ4n) is 2.86. The number of nitriles is 1. The highest BCUT2D eigenvalue weighted by Gasteiger charge is 2.21. The van der Waals surface area contributed by atoms with Gasteiger partial charge in [-0.3, -0.25) is 4.79 Å². The van der Waals surface area contributed by atoms with Crippen molar-refractivity contribution >= 4 is 39.1 Å². The van der Waals surface area contributed by atoms with Gasteiger partial charge < -0.3 is 19.5 Å². The molecule has 0 aliphatic heterocycles. The Labute approximate surface area is 194 Å². The van der Waals surface area contributed by atoms with E-state index in [0.29, 0.717) is 21.3 Å². The second-order valence-corrected chi connectivity index (χ2v) is 8.75. The number of nitrogens with zero attached hydrogens (tertiary/aromatic N) is 3. The van der Waals surface area contributed by atoms with E-state index in [1.807, 2.05) is 4.90 Å². The molecular weight excluding hydrogens is 474 g/mol. The number of carbonyl (C=O) groups excluding carboxylic acids is 1. The van der Waals surface area contributed by atoms with Gasteiger partial charge in [0.2, 0.25) is 0 Å². The van der Waals surface area contributed by atoms with Gasteiger partial charge in [-0.2, -0.15) is 14.0 Å². The molecule has 0 saturated carbocycles. The minimum absolute atomic E-state index is 0.0315. The minimum Gasteiger partial charge on any atom is -0.435 e. The standard InChI is InChI=1S/C21H18F2N4O4S2/c1-13-18(19(28)25-12-33(29)30)26-21(32-13)27(16-6-2-14(10-24)3-7-16)11-15-4-8-17(9-5-15)31-20(22)23/h2-9,20H,11-12H2,1H3,(H,25,28)(H,29,30). The van der Waals surface area contributed by atoms with E-state index in [-0.39, 0.29) is 18.0 Å². The van der Waals surface area contributed by atoms with Crippen molar-refractivity contribution in [3.05, 3.63) is 70.2 Å².